The molecule has 0 bridgehead atoms. The van der Waals surface area contributed by atoms with Crippen molar-refractivity contribution >= 4 is 62.6 Å². The predicted molar refractivity (Wildman–Crippen MR) is 195 cm³/mol. The number of fused-ring (bicyclic) bond motifs is 4. The van der Waals surface area contributed by atoms with Gasteiger partial charge in [0.2, 0.25) is 0 Å². The van der Waals surface area contributed by atoms with E-state index < -0.39 is 32.2 Å². The van der Waals surface area contributed by atoms with E-state index in [1.165, 1.54) is 6.07 Å². The number of rotatable bonds is 11. The van der Waals surface area contributed by atoms with Gasteiger partial charge in [0.1, 0.15) is 30.5 Å². The largest absolute Gasteiger partial charge is 0.494 e. The average Bonchev–Trinajstić information content (AvgIpc) is 3.78. The Morgan fingerprint density at radius 3 is 2.48 bits per heavy atom. The van der Waals surface area contributed by atoms with E-state index in [0.717, 1.165) is 15.8 Å². The number of carboxylic acids is 1. The Morgan fingerprint density at radius 1 is 1.02 bits per heavy atom. The van der Waals surface area contributed by atoms with Crippen LogP contribution in [0.15, 0.2) is 54.7 Å². The molecule has 270 valence electrons. The van der Waals surface area contributed by atoms with Gasteiger partial charge in [0.25, 0.3) is 5.91 Å². The number of hydrogen-bond donors (Lipinski definition) is 1. The van der Waals surface area contributed by atoms with Crippen LogP contribution in [0.4, 0.5) is 18.9 Å². The first-order chi connectivity index (χ1) is 25.0. The number of anilines is 1. The van der Waals surface area contributed by atoms with E-state index in [0.29, 0.717) is 63.5 Å². The Hall–Kier alpha value is -4.94. The van der Waals surface area contributed by atoms with Gasteiger partial charge < -0.3 is 23.9 Å². The van der Waals surface area contributed by atoms with Gasteiger partial charge in [-0.05, 0) is 80.3 Å². The lowest BCUT2D eigenvalue weighted by molar-refractivity contribution is 0.0696. The lowest BCUT2D eigenvalue weighted by atomic mass is 9.98. The second-order valence-corrected chi connectivity index (χ2v) is 13.8. The molecule has 52 heavy (non-hydrogen) atoms. The minimum Gasteiger partial charge on any atom is -0.494 e. The van der Waals surface area contributed by atoms with Crippen LogP contribution >= 0.6 is 23.2 Å². The summed E-state index contributed by atoms with van der Waals surface area (Å²) in [6.45, 7) is 0.926. The lowest BCUT2D eigenvalue weighted by Crippen LogP contribution is -2.42. The molecule has 0 saturated carbocycles. The van der Waals surface area contributed by atoms with Gasteiger partial charge in [-0.2, -0.15) is 5.10 Å². The number of nitrogens with zero attached hydrogens (tertiary/aromatic N) is 5. The van der Waals surface area contributed by atoms with Crippen molar-refractivity contribution in [3.8, 4) is 16.9 Å². The first-order valence-electron chi connectivity index (χ1n) is 16.6. The molecule has 7 rings (SSSR count). The SMILES string of the molecule is Cc1cc(OCCCc2c3n(c4c(-c5c(CF)nn(CF)c5CF)c(Cl)ccc24)[C@H](C)CN(c2cn(C)c4ccc(C(=O)O)cc24)C3=O)ccc1Cl. The molecule has 0 unspecified atom stereocenters. The van der Waals surface area contributed by atoms with E-state index in [-0.39, 0.29) is 45.6 Å². The molecule has 14 heteroatoms. The minimum absolute atomic E-state index is 0.0591. The van der Waals surface area contributed by atoms with Gasteiger partial charge in [0.15, 0.2) is 6.80 Å². The van der Waals surface area contributed by atoms with Crippen LogP contribution in [0, 0.1) is 6.92 Å². The van der Waals surface area contributed by atoms with Crippen LogP contribution < -0.4 is 9.64 Å². The summed E-state index contributed by atoms with van der Waals surface area (Å²) in [4.78, 5) is 28.4. The van der Waals surface area contributed by atoms with Gasteiger partial charge in [-0.15, -0.1) is 0 Å². The molecular formula is C38H34Cl2F3N5O4. The van der Waals surface area contributed by atoms with Crippen molar-refractivity contribution in [1.82, 2.24) is 18.9 Å². The van der Waals surface area contributed by atoms with Crippen molar-refractivity contribution in [2.75, 3.05) is 18.1 Å². The second-order valence-electron chi connectivity index (χ2n) is 13.0. The van der Waals surface area contributed by atoms with Crippen molar-refractivity contribution in [1.29, 1.82) is 0 Å². The molecule has 0 aliphatic carbocycles. The Balaban J connectivity index is 1.41. The van der Waals surface area contributed by atoms with Crippen molar-refractivity contribution in [3.63, 3.8) is 0 Å². The Morgan fingerprint density at radius 2 is 1.79 bits per heavy atom. The number of carboxylic acid groups (broad SMARTS) is 1. The highest BCUT2D eigenvalue weighted by Crippen LogP contribution is 2.46. The molecule has 1 N–H and O–H groups in total. The van der Waals surface area contributed by atoms with Gasteiger partial charge in [-0.3, -0.25) is 4.79 Å². The molecule has 9 nitrogen and oxygen atoms in total. The van der Waals surface area contributed by atoms with Gasteiger partial charge in [0, 0.05) is 58.3 Å². The number of halogens is 5. The average molecular weight is 753 g/mol. The smallest absolute Gasteiger partial charge is 0.335 e. The van der Waals surface area contributed by atoms with E-state index in [4.69, 9.17) is 27.9 Å². The Labute approximate surface area is 306 Å². The Bertz CT molecular complexity index is 2400. The lowest BCUT2D eigenvalue weighted by Gasteiger charge is -2.34. The molecule has 1 atom stereocenters. The van der Waals surface area contributed by atoms with Gasteiger partial charge in [-0.25, -0.2) is 22.6 Å². The number of benzene rings is 3. The molecule has 1 amide bonds. The number of alkyl halides is 3. The topological polar surface area (TPSA) is 94.5 Å². The number of aromatic nitrogens is 4. The molecule has 1 aliphatic rings. The van der Waals surface area contributed by atoms with Gasteiger partial charge in [0.05, 0.1) is 34.1 Å². The predicted octanol–water partition coefficient (Wildman–Crippen LogP) is 9.41. The zero-order chi connectivity index (χ0) is 37.0. The third-order valence-electron chi connectivity index (χ3n) is 9.78. The van der Waals surface area contributed by atoms with Crippen LogP contribution in [0.1, 0.15) is 62.7 Å². The molecule has 4 heterocycles. The molecular weight excluding hydrogens is 718 g/mol. The van der Waals surface area contributed by atoms with Crippen LogP contribution in [-0.4, -0.2) is 49.0 Å². The number of aromatic carboxylic acids is 1. The molecule has 3 aromatic heterocycles. The van der Waals surface area contributed by atoms with Crippen LogP contribution in [0.25, 0.3) is 32.9 Å². The molecule has 0 saturated heterocycles. The van der Waals surface area contributed by atoms with E-state index in [1.807, 2.05) is 36.1 Å². The number of carbonyl (C=O) groups is 2. The summed E-state index contributed by atoms with van der Waals surface area (Å²) in [6.07, 6.45) is 2.68. The summed E-state index contributed by atoms with van der Waals surface area (Å²) in [6, 6.07) is 13.2. The maximum atomic E-state index is 14.9. The zero-order valence-electron chi connectivity index (χ0n) is 28.5. The minimum atomic E-state index is -1.16. The van der Waals surface area contributed by atoms with Crippen LogP contribution in [0.2, 0.25) is 10.0 Å². The fourth-order valence-corrected chi connectivity index (χ4v) is 7.77. The molecule has 0 spiro atoms. The van der Waals surface area contributed by atoms with E-state index in [2.05, 4.69) is 5.10 Å². The normalized spacial score (nSPS) is 14.5. The second kappa shape index (κ2) is 13.9. The van der Waals surface area contributed by atoms with Crippen molar-refractivity contribution in [2.45, 2.75) is 52.9 Å². The fraction of sp³-hybridized carbons (Fsp3) is 0.289. The number of hydrogen-bond acceptors (Lipinski definition) is 4. The van der Waals surface area contributed by atoms with Crippen molar-refractivity contribution in [2.24, 2.45) is 7.05 Å². The molecule has 1 aliphatic heterocycles. The Kier molecular flexibility index (Phi) is 9.47. The molecule has 6 aromatic rings. The van der Waals surface area contributed by atoms with Crippen LogP contribution in [0.3, 0.4) is 0 Å². The van der Waals surface area contributed by atoms with Crippen LogP contribution in [-0.2, 0) is 33.6 Å². The highest BCUT2D eigenvalue weighted by Gasteiger charge is 2.38. The highest BCUT2D eigenvalue weighted by molar-refractivity contribution is 6.35. The quantitative estimate of drug-likeness (QED) is 0.133. The van der Waals surface area contributed by atoms with Crippen molar-refractivity contribution in [3.05, 3.63) is 98.5 Å². The van der Waals surface area contributed by atoms with E-state index in [9.17, 15) is 27.9 Å². The highest BCUT2D eigenvalue weighted by atomic mass is 35.5. The van der Waals surface area contributed by atoms with Gasteiger partial charge >= 0.3 is 5.97 Å². The third kappa shape index (κ3) is 5.78. The molecule has 0 fully saturated rings. The summed E-state index contributed by atoms with van der Waals surface area (Å²) in [7, 11) is 1.82. The zero-order valence-corrected chi connectivity index (χ0v) is 30.0. The molecule has 3 aromatic carbocycles. The van der Waals surface area contributed by atoms with Crippen LogP contribution in [0.5, 0.6) is 5.75 Å². The standard InChI is InChI=1S/C38H34Cl2F3N5O4/c1-20-13-23(7-9-27(20)39)52-12-4-5-24-25-8-10-28(40)33(34-29(15-41)44-47(19-43)31(34)16-42)35(25)48-21(2)17-46(37(49)36(24)48)32-18-45(3)30-11-6-22(38(50)51)14-26(30)32/h6-11,13-14,18,21H,4-5,12,15-17,19H2,1-3H3,(H,50,51)/t21-/m1/s1. The number of aryl methyl sites for hydroxylation is 3. The summed E-state index contributed by atoms with van der Waals surface area (Å²) in [5.74, 6) is -0.784. The first kappa shape index (κ1) is 35.5. The summed E-state index contributed by atoms with van der Waals surface area (Å²) < 4.78 is 53.7. The fourth-order valence-electron chi connectivity index (χ4n) is 7.41. The summed E-state index contributed by atoms with van der Waals surface area (Å²) in [5, 5.41) is 15.8. The van der Waals surface area contributed by atoms with E-state index in [1.54, 1.807) is 47.5 Å². The number of carbonyl (C=O) groups excluding carboxylic acids is 1. The van der Waals surface area contributed by atoms with E-state index >= 15 is 0 Å². The monoisotopic (exact) mass is 751 g/mol. The summed E-state index contributed by atoms with van der Waals surface area (Å²) in [5.41, 5.74) is 3.78. The molecule has 0 radical (unpaired) electrons. The maximum Gasteiger partial charge on any atom is 0.335 e. The number of amides is 1. The van der Waals surface area contributed by atoms with Gasteiger partial charge in [-0.1, -0.05) is 29.3 Å². The maximum absolute atomic E-state index is 14.9. The summed E-state index contributed by atoms with van der Waals surface area (Å²) >= 11 is 13.1. The number of ether oxygens (including phenoxy) is 1. The first-order valence-corrected chi connectivity index (χ1v) is 17.4. The third-order valence-corrected chi connectivity index (χ3v) is 10.5. The van der Waals surface area contributed by atoms with Crippen molar-refractivity contribution < 1.29 is 32.6 Å².